The molecule has 0 atom stereocenters. The van der Waals surface area contributed by atoms with Crippen LogP contribution in [-0.4, -0.2) is 14.5 Å². The first-order valence-electron chi connectivity index (χ1n) is 4.46. The molecule has 0 aliphatic rings. The standard InChI is InChI=1S/C10H7Cl2N3O/c1-6-13-5-3-8(16)15(6)7-2-4-14-10(12)9(7)11/h2-5H,1H3. The van der Waals surface area contributed by atoms with E-state index in [9.17, 15) is 4.79 Å². The van der Waals surface area contributed by atoms with Gasteiger partial charge in [-0.15, -0.1) is 0 Å². The molecular formula is C10H7Cl2N3O. The molecule has 4 nitrogen and oxygen atoms in total. The molecule has 0 amide bonds. The summed E-state index contributed by atoms with van der Waals surface area (Å²) in [6.07, 6.45) is 2.94. The molecule has 2 heterocycles. The number of hydrogen-bond donors (Lipinski definition) is 0. The second-order valence-electron chi connectivity index (χ2n) is 3.10. The topological polar surface area (TPSA) is 47.8 Å². The molecule has 0 N–H and O–H groups in total. The van der Waals surface area contributed by atoms with Crippen LogP contribution < -0.4 is 5.56 Å². The first-order chi connectivity index (χ1) is 7.61. The highest BCUT2D eigenvalue weighted by atomic mass is 35.5. The fourth-order valence-corrected chi connectivity index (χ4v) is 1.72. The van der Waals surface area contributed by atoms with Crippen molar-refractivity contribution >= 4 is 23.2 Å². The molecule has 2 aromatic heterocycles. The van der Waals surface area contributed by atoms with Crippen molar-refractivity contribution in [2.24, 2.45) is 0 Å². The first-order valence-corrected chi connectivity index (χ1v) is 5.22. The largest absolute Gasteiger partial charge is 0.269 e. The zero-order valence-corrected chi connectivity index (χ0v) is 9.83. The summed E-state index contributed by atoms with van der Waals surface area (Å²) >= 11 is 11.8. The van der Waals surface area contributed by atoms with E-state index >= 15 is 0 Å². The summed E-state index contributed by atoms with van der Waals surface area (Å²) in [6.45, 7) is 1.71. The number of hydrogen-bond acceptors (Lipinski definition) is 3. The van der Waals surface area contributed by atoms with Crippen LogP contribution in [0.25, 0.3) is 5.69 Å². The van der Waals surface area contributed by atoms with Crippen LogP contribution in [-0.2, 0) is 0 Å². The van der Waals surface area contributed by atoms with E-state index in [-0.39, 0.29) is 15.7 Å². The maximum atomic E-state index is 11.7. The lowest BCUT2D eigenvalue weighted by molar-refractivity contribution is 0.868. The lowest BCUT2D eigenvalue weighted by Gasteiger charge is -2.10. The molecule has 0 fully saturated rings. The smallest absolute Gasteiger partial charge is 0.258 e. The number of aromatic nitrogens is 3. The van der Waals surface area contributed by atoms with Crippen molar-refractivity contribution < 1.29 is 0 Å². The van der Waals surface area contributed by atoms with Crippen molar-refractivity contribution in [2.75, 3.05) is 0 Å². The SMILES string of the molecule is Cc1nccc(=O)n1-c1ccnc(Cl)c1Cl. The van der Waals surface area contributed by atoms with Gasteiger partial charge in [0.25, 0.3) is 5.56 Å². The van der Waals surface area contributed by atoms with Gasteiger partial charge in [0.05, 0.1) is 5.69 Å². The highest BCUT2D eigenvalue weighted by Gasteiger charge is 2.10. The van der Waals surface area contributed by atoms with Crippen molar-refractivity contribution in [3.05, 3.63) is 50.9 Å². The van der Waals surface area contributed by atoms with E-state index in [2.05, 4.69) is 9.97 Å². The third-order valence-electron chi connectivity index (χ3n) is 2.09. The monoisotopic (exact) mass is 255 g/mol. The molecular weight excluding hydrogens is 249 g/mol. The zero-order chi connectivity index (χ0) is 11.7. The lowest BCUT2D eigenvalue weighted by atomic mass is 10.3. The highest BCUT2D eigenvalue weighted by Crippen LogP contribution is 2.25. The summed E-state index contributed by atoms with van der Waals surface area (Å²) in [5.41, 5.74) is 0.272. The Hall–Kier alpha value is -1.39. The van der Waals surface area contributed by atoms with Crippen LogP contribution in [0.2, 0.25) is 10.2 Å². The fourth-order valence-electron chi connectivity index (χ4n) is 1.38. The molecule has 0 aromatic carbocycles. The molecule has 0 aliphatic carbocycles. The molecule has 0 unspecified atom stereocenters. The Bertz CT molecular complexity index is 595. The van der Waals surface area contributed by atoms with Gasteiger partial charge in [0.1, 0.15) is 16.0 Å². The van der Waals surface area contributed by atoms with Gasteiger partial charge < -0.3 is 0 Å². The Balaban J connectivity index is 2.78. The Labute approximate surface area is 101 Å². The molecule has 0 spiro atoms. The number of halogens is 2. The molecule has 6 heteroatoms. The van der Waals surface area contributed by atoms with E-state index in [4.69, 9.17) is 23.2 Å². The van der Waals surface area contributed by atoms with Crippen molar-refractivity contribution in [3.8, 4) is 5.69 Å². The molecule has 16 heavy (non-hydrogen) atoms. The van der Waals surface area contributed by atoms with Crippen LogP contribution in [0.1, 0.15) is 5.82 Å². The number of pyridine rings is 1. The van der Waals surface area contributed by atoms with E-state index in [0.29, 0.717) is 11.5 Å². The van der Waals surface area contributed by atoms with Crippen LogP contribution in [0.15, 0.2) is 29.3 Å². The molecule has 0 saturated carbocycles. The minimum Gasteiger partial charge on any atom is -0.269 e. The fraction of sp³-hybridized carbons (Fsp3) is 0.100. The van der Waals surface area contributed by atoms with Crippen LogP contribution in [0.5, 0.6) is 0 Å². The predicted octanol–water partition coefficient (Wildman–Crippen LogP) is 2.24. The summed E-state index contributed by atoms with van der Waals surface area (Å²) in [6, 6.07) is 2.97. The van der Waals surface area contributed by atoms with E-state index in [1.54, 1.807) is 13.0 Å². The molecule has 0 aliphatic heterocycles. The van der Waals surface area contributed by atoms with E-state index < -0.39 is 0 Å². The van der Waals surface area contributed by atoms with E-state index in [1.165, 1.54) is 23.0 Å². The Kier molecular flexibility index (Phi) is 2.94. The molecule has 82 valence electrons. The van der Waals surface area contributed by atoms with Gasteiger partial charge in [-0.2, -0.15) is 0 Å². The average Bonchev–Trinajstić information content (AvgIpc) is 2.24. The molecule has 0 radical (unpaired) electrons. The third-order valence-corrected chi connectivity index (χ3v) is 2.85. The van der Waals surface area contributed by atoms with Gasteiger partial charge in [-0.05, 0) is 13.0 Å². The molecule has 0 bridgehead atoms. The summed E-state index contributed by atoms with van der Waals surface area (Å²) in [5.74, 6) is 0.539. The second kappa shape index (κ2) is 4.23. The van der Waals surface area contributed by atoms with Gasteiger partial charge in [-0.25, -0.2) is 9.97 Å². The van der Waals surface area contributed by atoms with Gasteiger partial charge in [0, 0.05) is 18.5 Å². The van der Waals surface area contributed by atoms with Crippen molar-refractivity contribution in [3.63, 3.8) is 0 Å². The number of rotatable bonds is 1. The summed E-state index contributed by atoms with van der Waals surface area (Å²) in [7, 11) is 0. The van der Waals surface area contributed by atoms with Crippen LogP contribution in [0, 0.1) is 6.92 Å². The first kappa shape index (κ1) is 11.1. The van der Waals surface area contributed by atoms with Gasteiger partial charge in [0.2, 0.25) is 0 Å². The average molecular weight is 256 g/mol. The summed E-state index contributed by atoms with van der Waals surface area (Å²) in [4.78, 5) is 19.6. The van der Waals surface area contributed by atoms with Crippen molar-refractivity contribution in [1.29, 1.82) is 0 Å². The summed E-state index contributed by atoms with van der Waals surface area (Å²) < 4.78 is 1.38. The zero-order valence-electron chi connectivity index (χ0n) is 8.32. The van der Waals surface area contributed by atoms with Gasteiger partial charge in [-0.1, -0.05) is 23.2 Å². The van der Waals surface area contributed by atoms with Crippen LogP contribution >= 0.6 is 23.2 Å². The minimum absolute atomic E-state index is 0.161. The third kappa shape index (κ3) is 1.81. The predicted molar refractivity (Wildman–Crippen MR) is 62.4 cm³/mol. The lowest BCUT2D eigenvalue weighted by Crippen LogP contribution is -2.20. The second-order valence-corrected chi connectivity index (χ2v) is 3.84. The summed E-state index contributed by atoms with van der Waals surface area (Å²) in [5, 5.41) is 0.400. The molecule has 0 saturated heterocycles. The van der Waals surface area contributed by atoms with Crippen LogP contribution in [0.3, 0.4) is 0 Å². The molecule has 2 rings (SSSR count). The van der Waals surface area contributed by atoms with Crippen molar-refractivity contribution in [1.82, 2.24) is 14.5 Å². The number of aryl methyl sites for hydroxylation is 1. The van der Waals surface area contributed by atoms with Gasteiger partial charge in [0.15, 0.2) is 0 Å². The van der Waals surface area contributed by atoms with Crippen LogP contribution in [0.4, 0.5) is 0 Å². The molecule has 2 aromatic rings. The van der Waals surface area contributed by atoms with Gasteiger partial charge in [-0.3, -0.25) is 9.36 Å². The number of nitrogens with zero attached hydrogens (tertiary/aromatic N) is 3. The maximum absolute atomic E-state index is 11.7. The Morgan fingerprint density at radius 1 is 1.19 bits per heavy atom. The van der Waals surface area contributed by atoms with Gasteiger partial charge >= 0.3 is 0 Å². The van der Waals surface area contributed by atoms with E-state index in [0.717, 1.165) is 0 Å². The maximum Gasteiger partial charge on any atom is 0.258 e. The Morgan fingerprint density at radius 3 is 2.56 bits per heavy atom. The highest BCUT2D eigenvalue weighted by molar-refractivity contribution is 6.42. The van der Waals surface area contributed by atoms with E-state index in [1.807, 2.05) is 0 Å². The minimum atomic E-state index is -0.211. The normalized spacial score (nSPS) is 10.4. The van der Waals surface area contributed by atoms with Crippen molar-refractivity contribution in [2.45, 2.75) is 6.92 Å². The quantitative estimate of drug-likeness (QED) is 0.735. The Morgan fingerprint density at radius 2 is 1.88 bits per heavy atom.